The molecule has 0 saturated carbocycles. The lowest BCUT2D eigenvalue weighted by Gasteiger charge is -2.40. The van der Waals surface area contributed by atoms with Crippen molar-refractivity contribution in [1.82, 2.24) is 4.98 Å². The smallest absolute Gasteiger partial charge is 0.307 e. The van der Waals surface area contributed by atoms with Crippen molar-refractivity contribution in [2.75, 3.05) is 10.6 Å². The molecule has 6 heteroatoms. The number of hydrogen-bond acceptors (Lipinski definition) is 4. The summed E-state index contributed by atoms with van der Waals surface area (Å²) in [6.07, 6.45) is 17.0. The van der Waals surface area contributed by atoms with E-state index in [0.29, 0.717) is 5.41 Å². The molecule has 5 nitrogen and oxygen atoms in total. The molecule has 0 spiro atoms. The van der Waals surface area contributed by atoms with E-state index in [4.69, 9.17) is 0 Å². The normalized spacial score (nSPS) is 17.4. The van der Waals surface area contributed by atoms with E-state index in [1.54, 1.807) is 18.1 Å². The van der Waals surface area contributed by atoms with E-state index in [2.05, 4.69) is 83.6 Å². The number of aromatic amines is 1. The molecule has 2 aliphatic rings. The molecular weight excluding hydrogens is 504 g/mol. The maximum atomic E-state index is 13.1. The number of terminal acetylenes is 1. The number of nitrogens with one attached hydrogen (secondary N) is 1. The number of hydrogen-bond donors (Lipinski definition) is 2. The minimum absolute atomic E-state index is 0.00567. The second-order valence-corrected chi connectivity index (χ2v) is 13.6. The number of carboxylic acid groups (broad SMARTS) is 1. The van der Waals surface area contributed by atoms with Crippen LogP contribution in [0.1, 0.15) is 102 Å². The summed E-state index contributed by atoms with van der Waals surface area (Å²) in [6.45, 7) is 19.5. The highest BCUT2D eigenvalue weighted by atomic mass is 32.2. The summed E-state index contributed by atoms with van der Waals surface area (Å²) in [5, 5.41) is 9.78. The molecule has 2 heterocycles. The molecule has 212 valence electrons. The number of rotatable bonds is 4. The van der Waals surface area contributed by atoms with Gasteiger partial charge in [-0.05, 0) is 90.3 Å². The molecule has 0 bridgehead atoms. The molecule has 2 N–H and O–H groups in total. The fourth-order valence-electron chi connectivity index (χ4n) is 5.41. The number of benzene rings is 1. The third-order valence-electron chi connectivity index (χ3n) is 7.18. The minimum atomic E-state index is -0.830. The number of carbonyl (C=O) groups is 1. The van der Waals surface area contributed by atoms with Gasteiger partial charge in [0, 0.05) is 18.0 Å². The van der Waals surface area contributed by atoms with Crippen LogP contribution >= 0.6 is 11.9 Å². The van der Waals surface area contributed by atoms with Gasteiger partial charge < -0.3 is 14.4 Å². The van der Waals surface area contributed by atoms with Crippen molar-refractivity contribution in [2.24, 2.45) is 10.8 Å². The largest absolute Gasteiger partial charge is 0.481 e. The molecule has 0 saturated heterocycles. The molecule has 0 amide bonds. The Morgan fingerprint density at radius 2 is 1.74 bits per heavy atom. The monoisotopic (exact) mass is 550 g/mol. The van der Waals surface area contributed by atoms with Gasteiger partial charge in [0.25, 0.3) is 5.56 Å². The van der Waals surface area contributed by atoms with Gasteiger partial charge in [0.1, 0.15) is 0 Å². The number of nitrogens with zero attached hydrogens (tertiary/aromatic N) is 1. The predicted octanol–water partition coefficient (Wildman–Crippen LogP) is 8.34. The summed E-state index contributed by atoms with van der Waals surface area (Å²) in [5.41, 5.74) is 9.41. The average molecular weight is 551 g/mol. The zero-order valence-corrected chi connectivity index (χ0v) is 26.2. The lowest BCUT2D eigenvalue weighted by molar-refractivity contribution is -0.136. The second-order valence-electron chi connectivity index (χ2n) is 12.8. The van der Waals surface area contributed by atoms with E-state index < -0.39 is 5.97 Å². The maximum absolute atomic E-state index is 13.1. The first-order valence-electron chi connectivity index (χ1n) is 13.5. The Bertz CT molecular complexity index is 1320. The molecule has 1 aliphatic carbocycles. The van der Waals surface area contributed by atoms with Gasteiger partial charge >= 0.3 is 5.97 Å². The number of anilines is 1. The molecular formula is C33H46N2O3S. The van der Waals surface area contributed by atoms with Crippen molar-refractivity contribution in [3.8, 4) is 24.0 Å². The van der Waals surface area contributed by atoms with Gasteiger partial charge in [-0.2, -0.15) is 0 Å². The summed E-state index contributed by atoms with van der Waals surface area (Å²) in [7, 11) is 0. The number of pyridine rings is 1. The fourth-order valence-corrected chi connectivity index (χ4v) is 6.25. The van der Waals surface area contributed by atoms with E-state index in [1.165, 1.54) is 5.57 Å². The second kappa shape index (κ2) is 12.5. The van der Waals surface area contributed by atoms with Crippen LogP contribution < -0.4 is 9.86 Å². The van der Waals surface area contributed by atoms with Crippen LogP contribution in [0.2, 0.25) is 0 Å². The minimum Gasteiger partial charge on any atom is -0.481 e. The maximum Gasteiger partial charge on any atom is 0.307 e. The first-order valence-corrected chi connectivity index (χ1v) is 14.7. The van der Waals surface area contributed by atoms with Crippen molar-refractivity contribution in [3.63, 3.8) is 0 Å². The third-order valence-corrected chi connectivity index (χ3v) is 8.07. The number of aliphatic carboxylic acids is 1. The highest BCUT2D eigenvalue weighted by Gasteiger charge is 2.36. The van der Waals surface area contributed by atoms with Crippen LogP contribution in [0, 0.1) is 37.5 Å². The first-order chi connectivity index (χ1) is 18.1. The van der Waals surface area contributed by atoms with Gasteiger partial charge in [0.05, 0.1) is 23.7 Å². The molecule has 2 aromatic rings. The van der Waals surface area contributed by atoms with Crippen LogP contribution in [-0.4, -0.2) is 22.3 Å². The Hall–Kier alpha value is -2.91. The van der Waals surface area contributed by atoms with Gasteiger partial charge in [0.15, 0.2) is 0 Å². The Balaban J connectivity index is 0.000000686. The molecule has 0 fully saturated rings. The SMILES string of the molecule is C#C.CC(C)(C)C.CSN1c2c(C)c(CC(=O)O)c(C3=CCC(C)(C)CC3)c(C)c2-c2c(cc[nH]c2=O)[C@H]1C. The Morgan fingerprint density at radius 3 is 2.23 bits per heavy atom. The standard InChI is InChI=1S/C26H32N2O3S.C5H12.C2H2/c1-14-19(13-20(29)30)21(17-7-10-26(4,5)11-8-17)15(2)22-23-18(9-12-27-25(23)31)16(3)28(32-6)24(14)22;1-5(2,3)4;1-2/h7,9,12,16H,8,10-11,13H2,1-6H3,(H,27,31)(H,29,30);1-4H3;1-2H/t16-;;/m1../s1. The van der Waals surface area contributed by atoms with Crippen LogP contribution in [0.4, 0.5) is 5.69 Å². The van der Waals surface area contributed by atoms with Crippen molar-refractivity contribution < 1.29 is 9.90 Å². The van der Waals surface area contributed by atoms with Gasteiger partial charge in [-0.3, -0.25) is 9.59 Å². The number of aromatic nitrogens is 1. The van der Waals surface area contributed by atoms with Gasteiger partial charge in [-0.15, -0.1) is 12.8 Å². The van der Waals surface area contributed by atoms with Gasteiger partial charge in [0.2, 0.25) is 0 Å². The van der Waals surface area contributed by atoms with E-state index in [0.717, 1.165) is 63.9 Å². The average Bonchev–Trinajstić information content (AvgIpc) is 2.83. The zero-order valence-electron chi connectivity index (χ0n) is 25.4. The predicted molar refractivity (Wildman–Crippen MR) is 168 cm³/mol. The van der Waals surface area contributed by atoms with Crippen molar-refractivity contribution in [2.45, 2.75) is 94.0 Å². The summed E-state index contributed by atoms with van der Waals surface area (Å²) < 4.78 is 2.23. The summed E-state index contributed by atoms with van der Waals surface area (Å²) in [4.78, 5) is 27.9. The highest BCUT2D eigenvalue weighted by molar-refractivity contribution is 8.00. The van der Waals surface area contributed by atoms with Crippen molar-refractivity contribution in [3.05, 3.63) is 56.5 Å². The molecule has 39 heavy (non-hydrogen) atoms. The topological polar surface area (TPSA) is 73.4 Å². The Labute approximate surface area is 239 Å². The van der Waals surface area contributed by atoms with Crippen LogP contribution in [0.3, 0.4) is 0 Å². The number of H-pyrrole nitrogens is 1. The molecule has 1 aromatic carbocycles. The molecule has 1 aliphatic heterocycles. The highest BCUT2D eigenvalue weighted by Crippen LogP contribution is 2.52. The lowest BCUT2D eigenvalue weighted by Crippen LogP contribution is -2.30. The number of fused-ring (bicyclic) bond motifs is 3. The zero-order chi connectivity index (χ0) is 29.9. The summed E-state index contributed by atoms with van der Waals surface area (Å²) in [5.74, 6) is -0.830. The van der Waals surface area contributed by atoms with Crippen molar-refractivity contribution >= 4 is 29.2 Å². The fraction of sp³-hybridized carbons (Fsp3) is 0.515. The van der Waals surface area contributed by atoms with Gasteiger partial charge in [-0.25, -0.2) is 0 Å². The molecule has 1 aromatic heterocycles. The van der Waals surface area contributed by atoms with E-state index in [-0.39, 0.29) is 23.4 Å². The molecule has 1 atom stereocenters. The quantitative estimate of drug-likeness (QED) is 0.296. The number of allylic oxidation sites excluding steroid dienone is 2. The first kappa shape index (κ1) is 32.3. The summed E-state index contributed by atoms with van der Waals surface area (Å²) in [6, 6.07) is 2.00. The van der Waals surface area contributed by atoms with E-state index >= 15 is 0 Å². The molecule has 4 rings (SSSR count). The molecule has 0 radical (unpaired) electrons. The van der Waals surface area contributed by atoms with Gasteiger partial charge in [-0.1, -0.05) is 59.6 Å². The van der Waals surface area contributed by atoms with Crippen molar-refractivity contribution in [1.29, 1.82) is 0 Å². The van der Waals surface area contributed by atoms with E-state index in [1.807, 2.05) is 19.2 Å². The Kier molecular flexibility index (Phi) is 10.4. The van der Waals surface area contributed by atoms with Crippen LogP contribution in [-0.2, 0) is 11.2 Å². The van der Waals surface area contributed by atoms with Crippen LogP contribution in [0.25, 0.3) is 16.7 Å². The number of carboxylic acids is 1. The summed E-state index contributed by atoms with van der Waals surface area (Å²) >= 11 is 1.62. The third kappa shape index (κ3) is 7.19. The Morgan fingerprint density at radius 1 is 1.15 bits per heavy atom. The van der Waals surface area contributed by atoms with Crippen LogP contribution in [0.15, 0.2) is 23.1 Å². The van der Waals surface area contributed by atoms with Crippen LogP contribution in [0.5, 0.6) is 0 Å². The lowest BCUT2D eigenvalue weighted by atomic mass is 9.73. The molecule has 0 unspecified atom stereocenters. The van der Waals surface area contributed by atoms with E-state index in [9.17, 15) is 14.7 Å².